The van der Waals surface area contributed by atoms with E-state index in [0.717, 1.165) is 22.3 Å². The van der Waals surface area contributed by atoms with Crippen molar-refractivity contribution >= 4 is 52.0 Å². The molecule has 0 unspecified atom stereocenters. The first-order valence-corrected chi connectivity index (χ1v) is 9.72. The Morgan fingerprint density at radius 1 is 0.586 bits per heavy atom. The second kappa shape index (κ2) is 9.61. The lowest BCUT2D eigenvalue weighted by molar-refractivity contribution is 1.20. The summed E-state index contributed by atoms with van der Waals surface area (Å²) < 4.78 is 0. The number of hydrogen-bond donors (Lipinski definition) is 2. The van der Waals surface area contributed by atoms with Crippen LogP contribution in [0.3, 0.4) is 0 Å². The fourth-order valence-corrected chi connectivity index (χ4v) is 3.01. The zero-order chi connectivity index (χ0) is 20.8. The third-order valence-corrected chi connectivity index (χ3v) is 4.76. The molecule has 0 spiro atoms. The molecule has 0 saturated heterocycles. The number of rotatable bonds is 5. The SMILES string of the molecule is NC(N)=NN=C(C=C(c1ccc(Cl)cc1)c1ccc(Cl)cc1)c1ccc(Cl)cc1. The Labute approximate surface area is 184 Å². The molecule has 7 heteroatoms. The van der Waals surface area contributed by atoms with E-state index in [1.54, 1.807) is 12.1 Å². The summed E-state index contributed by atoms with van der Waals surface area (Å²) in [6.45, 7) is 0. The van der Waals surface area contributed by atoms with E-state index in [2.05, 4.69) is 10.2 Å². The average molecular weight is 444 g/mol. The van der Waals surface area contributed by atoms with Crippen molar-refractivity contribution in [1.29, 1.82) is 0 Å². The summed E-state index contributed by atoms with van der Waals surface area (Å²) in [7, 11) is 0. The van der Waals surface area contributed by atoms with Gasteiger partial charge >= 0.3 is 0 Å². The topological polar surface area (TPSA) is 76.8 Å². The lowest BCUT2D eigenvalue weighted by Crippen LogP contribution is -2.22. The Morgan fingerprint density at radius 2 is 0.966 bits per heavy atom. The van der Waals surface area contributed by atoms with Crippen molar-refractivity contribution in [2.45, 2.75) is 0 Å². The minimum Gasteiger partial charge on any atom is -0.369 e. The Morgan fingerprint density at radius 3 is 1.34 bits per heavy atom. The summed E-state index contributed by atoms with van der Waals surface area (Å²) in [5.41, 5.74) is 15.1. The molecular weight excluding hydrogens is 427 g/mol. The van der Waals surface area contributed by atoms with Crippen LogP contribution < -0.4 is 11.5 Å². The zero-order valence-corrected chi connectivity index (χ0v) is 17.5. The summed E-state index contributed by atoms with van der Waals surface area (Å²) in [4.78, 5) is 0. The smallest absolute Gasteiger partial charge is 0.211 e. The maximum atomic E-state index is 6.07. The number of guanidine groups is 1. The molecule has 0 aromatic heterocycles. The van der Waals surface area contributed by atoms with Crippen LogP contribution in [0.4, 0.5) is 0 Å². The second-order valence-corrected chi connectivity index (χ2v) is 7.40. The first-order valence-electron chi connectivity index (χ1n) is 8.58. The van der Waals surface area contributed by atoms with E-state index < -0.39 is 0 Å². The highest BCUT2D eigenvalue weighted by Gasteiger charge is 2.10. The van der Waals surface area contributed by atoms with E-state index in [1.165, 1.54) is 0 Å². The Balaban J connectivity index is 2.19. The van der Waals surface area contributed by atoms with Crippen molar-refractivity contribution in [3.8, 4) is 0 Å². The van der Waals surface area contributed by atoms with Crippen LogP contribution in [0.15, 0.2) is 89.1 Å². The third kappa shape index (κ3) is 5.84. The molecule has 4 nitrogen and oxygen atoms in total. The van der Waals surface area contributed by atoms with Crippen molar-refractivity contribution < 1.29 is 0 Å². The molecule has 146 valence electrons. The van der Waals surface area contributed by atoms with Crippen LogP contribution in [0, 0.1) is 0 Å². The van der Waals surface area contributed by atoms with Gasteiger partial charge in [0.2, 0.25) is 5.96 Å². The number of nitrogens with two attached hydrogens (primary N) is 2. The summed E-state index contributed by atoms with van der Waals surface area (Å²) >= 11 is 18.2. The minimum atomic E-state index is -0.135. The lowest BCUT2D eigenvalue weighted by atomic mass is 9.95. The molecule has 0 fully saturated rings. The molecule has 0 saturated carbocycles. The monoisotopic (exact) mass is 442 g/mol. The predicted octanol–water partition coefficient (Wildman–Crippen LogP) is 5.76. The number of benzene rings is 3. The molecule has 0 heterocycles. The molecule has 29 heavy (non-hydrogen) atoms. The summed E-state index contributed by atoms with van der Waals surface area (Å²) in [5, 5.41) is 9.98. The van der Waals surface area contributed by atoms with Gasteiger partial charge in [0, 0.05) is 20.6 Å². The van der Waals surface area contributed by atoms with Gasteiger partial charge in [-0.05, 0) is 59.2 Å². The van der Waals surface area contributed by atoms with Crippen LogP contribution >= 0.6 is 34.8 Å². The fourth-order valence-electron chi connectivity index (χ4n) is 2.63. The second-order valence-electron chi connectivity index (χ2n) is 6.09. The van der Waals surface area contributed by atoms with E-state index in [-0.39, 0.29) is 5.96 Å². The molecule has 3 aromatic rings. The number of nitrogens with zero attached hydrogens (tertiary/aromatic N) is 2. The largest absolute Gasteiger partial charge is 0.369 e. The van der Waals surface area contributed by atoms with E-state index >= 15 is 0 Å². The Hall–Kier alpha value is -2.79. The standard InChI is InChI=1S/C22H17Cl3N4/c23-17-7-1-14(2-8-17)20(15-3-9-18(24)10-4-15)13-21(28-29-22(26)27)16-5-11-19(25)12-6-16/h1-13H,(H4,26,27,29). The molecule has 3 rings (SSSR count). The number of halogens is 3. The van der Waals surface area contributed by atoms with Gasteiger partial charge in [-0.25, -0.2) is 0 Å². The average Bonchev–Trinajstić information content (AvgIpc) is 2.71. The van der Waals surface area contributed by atoms with E-state index in [0.29, 0.717) is 20.8 Å². The van der Waals surface area contributed by atoms with Gasteiger partial charge in [-0.1, -0.05) is 71.2 Å². The number of hydrogen-bond acceptors (Lipinski definition) is 2. The summed E-state index contributed by atoms with van der Waals surface area (Å²) in [5.74, 6) is -0.135. The van der Waals surface area contributed by atoms with Crippen LogP contribution in [0.5, 0.6) is 0 Å². The van der Waals surface area contributed by atoms with E-state index in [1.807, 2.05) is 66.7 Å². The molecule has 0 aliphatic heterocycles. The highest BCUT2D eigenvalue weighted by atomic mass is 35.5. The van der Waals surface area contributed by atoms with Crippen molar-refractivity contribution in [2.75, 3.05) is 0 Å². The van der Waals surface area contributed by atoms with Crippen molar-refractivity contribution in [3.63, 3.8) is 0 Å². The maximum Gasteiger partial charge on any atom is 0.211 e. The molecular formula is C22H17Cl3N4. The van der Waals surface area contributed by atoms with Gasteiger partial charge in [-0.15, -0.1) is 10.2 Å². The fraction of sp³-hybridized carbons (Fsp3) is 0. The van der Waals surface area contributed by atoms with Gasteiger partial charge < -0.3 is 11.5 Å². The normalized spacial score (nSPS) is 11.1. The van der Waals surface area contributed by atoms with Crippen LogP contribution in [0.2, 0.25) is 15.1 Å². The molecule has 0 aliphatic rings. The third-order valence-electron chi connectivity index (χ3n) is 4.00. The Kier molecular flexibility index (Phi) is 6.94. The van der Waals surface area contributed by atoms with Gasteiger partial charge in [-0.2, -0.15) is 0 Å². The van der Waals surface area contributed by atoms with Crippen LogP contribution in [0.25, 0.3) is 5.57 Å². The molecule has 0 atom stereocenters. The quantitative estimate of drug-likeness (QED) is 0.299. The summed E-state index contributed by atoms with van der Waals surface area (Å²) in [6, 6.07) is 22.3. The zero-order valence-electron chi connectivity index (χ0n) is 15.2. The van der Waals surface area contributed by atoms with E-state index in [9.17, 15) is 0 Å². The van der Waals surface area contributed by atoms with Crippen LogP contribution in [0.1, 0.15) is 16.7 Å². The van der Waals surface area contributed by atoms with Gasteiger partial charge in [-0.3, -0.25) is 0 Å². The van der Waals surface area contributed by atoms with Crippen LogP contribution in [-0.2, 0) is 0 Å². The lowest BCUT2D eigenvalue weighted by Gasteiger charge is -2.11. The maximum absolute atomic E-state index is 6.07. The van der Waals surface area contributed by atoms with Gasteiger partial charge in [0.15, 0.2) is 0 Å². The number of allylic oxidation sites excluding steroid dienone is 1. The van der Waals surface area contributed by atoms with E-state index in [4.69, 9.17) is 46.3 Å². The van der Waals surface area contributed by atoms with Gasteiger partial charge in [0.1, 0.15) is 0 Å². The first-order chi connectivity index (χ1) is 13.9. The van der Waals surface area contributed by atoms with Crippen molar-refractivity contribution in [1.82, 2.24) is 0 Å². The van der Waals surface area contributed by atoms with Crippen molar-refractivity contribution in [3.05, 3.63) is 111 Å². The molecule has 0 aliphatic carbocycles. The van der Waals surface area contributed by atoms with Crippen LogP contribution in [-0.4, -0.2) is 11.7 Å². The highest BCUT2D eigenvalue weighted by molar-refractivity contribution is 6.31. The Bertz CT molecular complexity index is 1020. The minimum absolute atomic E-state index is 0.135. The molecule has 0 radical (unpaired) electrons. The first kappa shape index (κ1) is 20.9. The highest BCUT2D eigenvalue weighted by Crippen LogP contribution is 2.27. The van der Waals surface area contributed by atoms with Gasteiger partial charge in [0.25, 0.3) is 0 Å². The van der Waals surface area contributed by atoms with Crippen molar-refractivity contribution in [2.24, 2.45) is 21.7 Å². The predicted molar refractivity (Wildman–Crippen MR) is 124 cm³/mol. The molecule has 0 bridgehead atoms. The van der Waals surface area contributed by atoms with Gasteiger partial charge in [0.05, 0.1) is 5.71 Å². The summed E-state index contributed by atoms with van der Waals surface area (Å²) in [6.07, 6.45) is 1.90. The molecule has 3 aromatic carbocycles. The molecule has 4 N–H and O–H groups in total. The molecule has 0 amide bonds.